The number of benzene rings is 1. The lowest BCUT2D eigenvalue weighted by Crippen LogP contribution is -2.32. The van der Waals surface area contributed by atoms with Crippen molar-refractivity contribution in [3.63, 3.8) is 0 Å². The summed E-state index contributed by atoms with van der Waals surface area (Å²) in [5.74, 6) is -1.52. The molecule has 0 aliphatic carbocycles. The fourth-order valence-electron chi connectivity index (χ4n) is 2.86. The van der Waals surface area contributed by atoms with E-state index in [0.29, 0.717) is 24.9 Å². The zero-order valence-corrected chi connectivity index (χ0v) is 9.83. The first-order chi connectivity index (χ1) is 8.66. The molecule has 0 saturated carbocycles. The Morgan fingerprint density at radius 3 is 2.56 bits per heavy atom. The second kappa shape index (κ2) is 4.31. The van der Waals surface area contributed by atoms with Crippen molar-refractivity contribution >= 4 is 5.91 Å². The van der Waals surface area contributed by atoms with E-state index in [4.69, 9.17) is 0 Å². The van der Waals surface area contributed by atoms with Crippen LogP contribution in [0.4, 0.5) is 8.78 Å². The molecule has 2 atom stereocenters. The van der Waals surface area contributed by atoms with Gasteiger partial charge in [-0.15, -0.1) is 0 Å². The van der Waals surface area contributed by atoms with Crippen LogP contribution in [0.15, 0.2) is 18.2 Å². The van der Waals surface area contributed by atoms with Crippen molar-refractivity contribution < 1.29 is 13.6 Å². The van der Waals surface area contributed by atoms with Crippen molar-refractivity contribution in [3.8, 4) is 0 Å². The molecule has 0 spiro atoms. The van der Waals surface area contributed by atoms with E-state index in [-0.39, 0.29) is 5.56 Å². The van der Waals surface area contributed by atoms with E-state index in [1.54, 1.807) is 4.90 Å². The van der Waals surface area contributed by atoms with E-state index < -0.39 is 17.5 Å². The molecule has 5 heteroatoms. The van der Waals surface area contributed by atoms with E-state index in [1.807, 2.05) is 0 Å². The minimum absolute atomic E-state index is 0.164. The number of carbonyl (C=O) groups is 1. The molecule has 2 fully saturated rings. The lowest BCUT2D eigenvalue weighted by molar-refractivity contribution is 0.0776. The van der Waals surface area contributed by atoms with Gasteiger partial charge in [-0.1, -0.05) is 6.07 Å². The number of fused-ring (bicyclic) bond motifs is 1. The van der Waals surface area contributed by atoms with Gasteiger partial charge in [0.05, 0.1) is 5.56 Å². The molecule has 96 valence electrons. The minimum atomic E-state index is -1.04. The maximum absolute atomic E-state index is 13.6. The summed E-state index contributed by atoms with van der Waals surface area (Å²) in [5, 5.41) is 3.27. The molecule has 3 rings (SSSR count). The molecule has 0 aromatic heterocycles. The Labute approximate surface area is 104 Å². The van der Waals surface area contributed by atoms with Crippen LogP contribution in [0.1, 0.15) is 10.4 Å². The van der Waals surface area contributed by atoms with Crippen LogP contribution in [0.5, 0.6) is 0 Å². The Hall–Kier alpha value is -1.49. The third kappa shape index (κ3) is 1.79. The first-order valence-corrected chi connectivity index (χ1v) is 6.11. The molecule has 0 bridgehead atoms. The summed E-state index contributed by atoms with van der Waals surface area (Å²) in [4.78, 5) is 13.8. The third-order valence-corrected chi connectivity index (χ3v) is 3.86. The fraction of sp³-hybridized carbons (Fsp3) is 0.462. The van der Waals surface area contributed by atoms with Gasteiger partial charge in [0.1, 0.15) is 0 Å². The van der Waals surface area contributed by atoms with E-state index >= 15 is 0 Å². The van der Waals surface area contributed by atoms with E-state index in [0.717, 1.165) is 19.2 Å². The Balaban J connectivity index is 1.81. The topological polar surface area (TPSA) is 32.3 Å². The van der Waals surface area contributed by atoms with Gasteiger partial charge in [-0.2, -0.15) is 0 Å². The number of nitrogens with one attached hydrogen (secondary N) is 1. The van der Waals surface area contributed by atoms with Crippen molar-refractivity contribution in [3.05, 3.63) is 35.4 Å². The molecule has 2 heterocycles. The Kier molecular flexibility index (Phi) is 2.78. The summed E-state index contributed by atoms with van der Waals surface area (Å²) in [7, 11) is 0. The number of carbonyl (C=O) groups excluding carboxylic acids is 1. The SMILES string of the molecule is O=C(c1cccc(F)c1F)N1C[C@H]2CNC[C@H]2C1. The normalized spacial score (nSPS) is 26.4. The van der Waals surface area contributed by atoms with Crippen LogP contribution in [-0.4, -0.2) is 37.0 Å². The van der Waals surface area contributed by atoms with E-state index in [2.05, 4.69) is 5.32 Å². The van der Waals surface area contributed by atoms with Crippen LogP contribution in [0.2, 0.25) is 0 Å². The predicted octanol–water partition coefficient (Wildman–Crippen LogP) is 1.26. The highest BCUT2D eigenvalue weighted by molar-refractivity contribution is 5.94. The van der Waals surface area contributed by atoms with Gasteiger partial charge in [0.15, 0.2) is 11.6 Å². The number of nitrogens with zero attached hydrogens (tertiary/aromatic N) is 1. The average molecular weight is 252 g/mol. The highest BCUT2D eigenvalue weighted by Crippen LogP contribution is 2.28. The van der Waals surface area contributed by atoms with Crippen molar-refractivity contribution in [1.82, 2.24) is 10.2 Å². The van der Waals surface area contributed by atoms with Gasteiger partial charge in [0.25, 0.3) is 5.91 Å². The highest BCUT2D eigenvalue weighted by Gasteiger charge is 2.38. The van der Waals surface area contributed by atoms with Crippen molar-refractivity contribution in [2.24, 2.45) is 11.8 Å². The molecule has 0 radical (unpaired) electrons. The molecule has 1 N–H and O–H groups in total. The van der Waals surface area contributed by atoms with Crippen LogP contribution in [-0.2, 0) is 0 Å². The maximum Gasteiger partial charge on any atom is 0.256 e. The van der Waals surface area contributed by atoms with Crippen molar-refractivity contribution in [1.29, 1.82) is 0 Å². The second-order valence-corrected chi connectivity index (χ2v) is 4.99. The fourth-order valence-corrected chi connectivity index (χ4v) is 2.86. The molecule has 2 aliphatic rings. The first kappa shape index (κ1) is 11.6. The Bertz CT molecular complexity index is 480. The van der Waals surface area contributed by atoms with Gasteiger partial charge < -0.3 is 10.2 Å². The van der Waals surface area contributed by atoms with Crippen LogP contribution in [0, 0.1) is 23.5 Å². The predicted molar refractivity (Wildman–Crippen MR) is 62.1 cm³/mol. The smallest absolute Gasteiger partial charge is 0.256 e. The number of hydrogen-bond acceptors (Lipinski definition) is 2. The molecule has 1 amide bonds. The standard InChI is InChI=1S/C13H14F2N2O/c14-11-3-1-2-10(12(11)15)13(18)17-6-8-4-16-5-9(8)7-17/h1-3,8-9,16H,4-7H2/t8-,9+. The van der Waals surface area contributed by atoms with Gasteiger partial charge in [0.2, 0.25) is 0 Å². The first-order valence-electron chi connectivity index (χ1n) is 6.11. The molecular formula is C13H14F2N2O. The molecule has 2 saturated heterocycles. The zero-order chi connectivity index (χ0) is 12.7. The van der Waals surface area contributed by atoms with Crippen LogP contribution in [0.25, 0.3) is 0 Å². The van der Waals surface area contributed by atoms with E-state index in [1.165, 1.54) is 12.1 Å². The van der Waals surface area contributed by atoms with Crippen LogP contribution in [0.3, 0.4) is 0 Å². The Morgan fingerprint density at radius 2 is 1.89 bits per heavy atom. The summed E-state index contributed by atoms with van der Waals surface area (Å²) < 4.78 is 26.7. The summed E-state index contributed by atoms with van der Waals surface area (Å²) in [6.45, 7) is 3.07. The summed E-state index contributed by atoms with van der Waals surface area (Å²) >= 11 is 0. The number of rotatable bonds is 1. The van der Waals surface area contributed by atoms with Gasteiger partial charge >= 0.3 is 0 Å². The lowest BCUT2D eigenvalue weighted by Gasteiger charge is -2.17. The molecule has 3 nitrogen and oxygen atoms in total. The largest absolute Gasteiger partial charge is 0.338 e. The molecule has 18 heavy (non-hydrogen) atoms. The van der Waals surface area contributed by atoms with Gasteiger partial charge in [-0.05, 0) is 24.0 Å². The monoisotopic (exact) mass is 252 g/mol. The highest BCUT2D eigenvalue weighted by atomic mass is 19.2. The van der Waals surface area contributed by atoms with Gasteiger partial charge in [0, 0.05) is 26.2 Å². The van der Waals surface area contributed by atoms with Crippen molar-refractivity contribution in [2.75, 3.05) is 26.2 Å². The summed E-state index contributed by atoms with van der Waals surface area (Å²) in [6, 6.07) is 3.73. The molecule has 1 aromatic carbocycles. The van der Waals surface area contributed by atoms with E-state index in [9.17, 15) is 13.6 Å². The number of amides is 1. The molecular weight excluding hydrogens is 238 g/mol. The minimum Gasteiger partial charge on any atom is -0.338 e. The number of halogens is 2. The molecule has 2 aliphatic heterocycles. The van der Waals surface area contributed by atoms with Gasteiger partial charge in [-0.25, -0.2) is 8.78 Å². The molecule has 1 aromatic rings. The number of hydrogen-bond donors (Lipinski definition) is 1. The average Bonchev–Trinajstić information content (AvgIpc) is 2.92. The third-order valence-electron chi connectivity index (χ3n) is 3.86. The van der Waals surface area contributed by atoms with Crippen molar-refractivity contribution in [2.45, 2.75) is 0 Å². The summed E-state index contributed by atoms with van der Waals surface area (Å²) in [5.41, 5.74) is -0.164. The Morgan fingerprint density at radius 1 is 1.22 bits per heavy atom. The second-order valence-electron chi connectivity index (χ2n) is 4.99. The van der Waals surface area contributed by atoms with Crippen LogP contribution < -0.4 is 5.32 Å². The maximum atomic E-state index is 13.6. The molecule has 0 unspecified atom stereocenters. The lowest BCUT2D eigenvalue weighted by atomic mass is 10.0. The number of likely N-dealkylation sites (tertiary alicyclic amines) is 1. The van der Waals surface area contributed by atoms with Crippen LogP contribution >= 0.6 is 0 Å². The summed E-state index contributed by atoms with van der Waals surface area (Å²) in [6.07, 6.45) is 0. The quantitative estimate of drug-likeness (QED) is 0.816. The zero-order valence-electron chi connectivity index (χ0n) is 9.83. The van der Waals surface area contributed by atoms with Gasteiger partial charge in [-0.3, -0.25) is 4.79 Å².